The second kappa shape index (κ2) is 16.1. The number of hydrogen-bond acceptors (Lipinski definition) is 3. The molecule has 12 heavy (non-hydrogen) atoms. The first-order valence-electron chi connectivity index (χ1n) is 2.79. The predicted octanol–water partition coefficient (Wildman–Crippen LogP) is 0.171. The van der Waals surface area contributed by atoms with Gasteiger partial charge >= 0.3 is 12.0 Å². The third-order valence-electron chi connectivity index (χ3n) is 0.368. The van der Waals surface area contributed by atoms with E-state index in [0.717, 1.165) is 6.08 Å². The van der Waals surface area contributed by atoms with Crippen molar-refractivity contribution < 1.29 is 14.3 Å². The molecule has 0 rings (SSSR count). The molecule has 0 aliphatic rings. The first kappa shape index (κ1) is 16.7. The first-order valence-corrected chi connectivity index (χ1v) is 2.79. The van der Waals surface area contributed by atoms with Crippen LogP contribution in [0.25, 0.3) is 0 Å². The SMILES string of the molecule is C=C.C=CC(=O)OC.NC(N)=O. The van der Waals surface area contributed by atoms with E-state index >= 15 is 0 Å². The largest absolute Gasteiger partial charge is 0.466 e. The molecule has 0 saturated carbocycles. The third-order valence-corrected chi connectivity index (χ3v) is 0.368. The number of carbonyl (C=O) groups is 2. The highest BCUT2D eigenvalue weighted by molar-refractivity contribution is 5.80. The summed E-state index contributed by atoms with van der Waals surface area (Å²) >= 11 is 0. The standard InChI is InChI=1S/C4H6O2.C2H4.CH4N2O/c1-3-4(5)6-2;1-2;2-1(3)4/h3H,1H2,2H3;1-2H2;(H4,2,3,4). The van der Waals surface area contributed by atoms with E-state index < -0.39 is 12.0 Å². The Kier molecular flexibility index (Phi) is 22.4. The number of carbonyl (C=O) groups excluding carboxylic acids is 2. The lowest BCUT2D eigenvalue weighted by molar-refractivity contribution is -0.134. The van der Waals surface area contributed by atoms with Gasteiger partial charge in [0.2, 0.25) is 0 Å². The molecule has 0 aliphatic carbocycles. The van der Waals surface area contributed by atoms with Gasteiger partial charge in [-0.1, -0.05) is 6.58 Å². The minimum atomic E-state index is -0.833. The summed E-state index contributed by atoms with van der Waals surface area (Å²) in [6.07, 6.45) is 1.11. The summed E-state index contributed by atoms with van der Waals surface area (Å²) in [7, 11) is 1.31. The molecule has 0 unspecified atom stereocenters. The van der Waals surface area contributed by atoms with Crippen LogP contribution in [0.2, 0.25) is 0 Å². The number of nitrogens with two attached hydrogens (primary N) is 2. The van der Waals surface area contributed by atoms with E-state index in [9.17, 15) is 4.79 Å². The van der Waals surface area contributed by atoms with Gasteiger partial charge in [-0.2, -0.15) is 0 Å². The molecule has 4 N–H and O–H groups in total. The molecule has 0 fully saturated rings. The van der Waals surface area contributed by atoms with Crippen molar-refractivity contribution in [2.75, 3.05) is 7.11 Å². The maximum Gasteiger partial charge on any atom is 0.329 e. The monoisotopic (exact) mass is 174 g/mol. The molecule has 0 radical (unpaired) electrons. The van der Waals surface area contributed by atoms with Crippen LogP contribution < -0.4 is 11.5 Å². The van der Waals surface area contributed by atoms with E-state index in [0.29, 0.717) is 0 Å². The molecule has 70 valence electrons. The van der Waals surface area contributed by atoms with E-state index in [2.05, 4.69) is 35.9 Å². The molecule has 5 heteroatoms. The summed E-state index contributed by atoms with van der Waals surface area (Å²) in [6.45, 7) is 9.16. The maximum atomic E-state index is 9.84. The van der Waals surface area contributed by atoms with Gasteiger partial charge in [0.15, 0.2) is 0 Å². The number of ether oxygens (including phenoxy) is 1. The zero-order valence-electron chi connectivity index (χ0n) is 7.08. The summed E-state index contributed by atoms with van der Waals surface area (Å²) in [4.78, 5) is 18.8. The van der Waals surface area contributed by atoms with E-state index in [1.165, 1.54) is 7.11 Å². The Morgan fingerprint density at radius 2 is 1.58 bits per heavy atom. The highest BCUT2D eigenvalue weighted by Gasteiger charge is 1.81. The van der Waals surface area contributed by atoms with Gasteiger partial charge in [-0.05, 0) is 0 Å². The zero-order chi connectivity index (χ0) is 10.6. The summed E-state index contributed by atoms with van der Waals surface area (Å²) < 4.78 is 4.14. The molecular weight excluding hydrogens is 160 g/mol. The molecule has 0 aromatic heterocycles. The van der Waals surface area contributed by atoms with Crippen molar-refractivity contribution in [1.29, 1.82) is 0 Å². The Morgan fingerprint density at radius 1 is 1.33 bits per heavy atom. The normalized spacial score (nSPS) is 5.75. The fourth-order valence-corrected chi connectivity index (χ4v) is 0.0833. The van der Waals surface area contributed by atoms with Crippen LogP contribution >= 0.6 is 0 Å². The number of primary amides is 2. The van der Waals surface area contributed by atoms with Crippen LogP contribution in [0.1, 0.15) is 0 Å². The molecule has 0 saturated heterocycles. The summed E-state index contributed by atoms with van der Waals surface area (Å²) in [5.74, 6) is -0.394. The minimum Gasteiger partial charge on any atom is -0.466 e. The van der Waals surface area contributed by atoms with E-state index in [1.807, 2.05) is 0 Å². The quantitative estimate of drug-likeness (QED) is 0.337. The molecule has 0 spiro atoms. The van der Waals surface area contributed by atoms with Crippen molar-refractivity contribution in [2.45, 2.75) is 0 Å². The molecule has 0 aromatic carbocycles. The number of rotatable bonds is 1. The van der Waals surface area contributed by atoms with Crippen molar-refractivity contribution in [3.05, 3.63) is 25.8 Å². The van der Waals surface area contributed by atoms with E-state index in [4.69, 9.17) is 4.79 Å². The molecule has 0 aliphatic heterocycles. The number of amides is 2. The lowest BCUT2D eigenvalue weighted by atomic mass is 10.7. The average Bonchev–Trinajstić information content (AvgIpc) is 2.06. The first-order chi connectivity index (χ1) is 5.54. The Labute approximate surface area is 71.7 Å². The molecule has 0 bridgehead atoms. The van der Waals surface area contributed by atoms with Crippen LogP contribution in [0.4, 0.5) is 4.79 Å². The second-order valence-corrected chi connectivity index (χ2v) is 1.13. The number of methoxy groups -OCH3 is 1. The second-order valence-electron chi connectivity index (χ2n) is 1.13. The molecule has 0 heterocycles. The smallest absolute Gasteiger partial charge is 0.329 e. The average molecular weight is 174 g/mol. The van der Waals surface area contributed by atoms with E-state index in [-0.39, 0.29) is 0 Å². The number of urea groups is 1. The fourth-order valence-electron chi connectivity index (χ4n) is 0.0833. The number of hydrogen-bond donors (Lipinski definition) is 2. The Hall–Kier alpha value is -1.78. The summed E-state index contributed by atoms with van der Waals surface area (Å²) in [5.41, 5.74) is 8.50. The van der Waals surface area contributed by atoms with Gasteiger partial charge in [-0.3, -0.25) is 0 Å². The Bertz CT molecular complexity index is 142. The van der Waals surface area contributed by atoms with Crippen LogP contribution in [0.15, 0.2) is 25.8 Å². The van der Waals surface area contributed by atoms with Gasteiger partial charge in [0, 0.05) is 6.08 Å². The van der Waals surface area contributed by atoms with Crippen molar-refractivity contribution >= 4 is 12.0 Å². The van der Waals surface area contributed by atoms with Gasteiger partial charge in [-0.15, -0.1) is 13.2 Å². The van der Waals surface area contributed by atoms with Gasteiger partial charge in [0.25, 0.3) is 0 Å². The molecule has 0 atom stereocenters. The van der Waals surface area contributed by atoms with Gasteiger partial charge in [0.05, 0.1) is 7.11 Å². The molecular formula is C7H14N2O3. The van der Waals surface area contributed by atoms with Crippen LogP contribution in [0.5, 0.6) is 0 Å². The topological polar surface area (TPSA) is 95.4 Å². The van der Waals surface area contributed by atoms with Crippen molar-refractivity contribution in [3.8, 4) is 0 Å². The lowest BCUT2D eigenvalue weighted by Crippen LogP contribution is -2.18. The maximum absolute atomic E-state index is 9.84. The molecule has 2 amide bonds. The van der Waals surface area contributed by atoms with Crippen molar-refractivity contribution in [2.24, 2.45) is 11.5 Å². The van der Waals surface area contributed by atoms with Crippen molar-refractivity contribution in [1.82, 2.24) is 0 Å². The highest BCUT2D eigenvalue weighted by atomic mass is 16.5. The van der Waals surface area contributed by atoms with Gasteiger partial charge in [-0.25, -0.2) is 9.59 Å². The predicted molar refractivity (Wildman–Crippen MR) is 47.2 cm³/mol. The van der Waals surface area contributed by atoms with E-state index in [1.54, 1.807) is 0 Å². The molecule has 0 aromatic rings. The summed E-state index contributed by atoms with van der Waals surface area (Å²) in [6, 6.07) is -0.833. The Balaban J connectivity index is -0.000000118. The fraction of sp³-hybridized carbons (Fsp3) is 0.143. The van der Waals surface area contributed by atoms with Crippen LogP contribution in [0, 0.1) is 0 Å². The van der Waals surface area contributed by atoms with Crippen LogP contribution in [0.3, 0.4) is 0 Å². The zero-order valence-corrected chi connectivity index (χ0v) is 7.08. The van der Waals surface area contributed by atoms with Gasteiger partial charge in [0.1, 0.15) is 0 Å². The minimum absolute atomic E-state index is 0.394. The highest BCUT2D eigenvalue weighted by Crippen LogP contribution is 1.67. The van der Waals surface area contributed by atoms with Crippen molar-refractivity contribution in [3.63, 3.8) is 0 Å². The summed E-state index contributed by atoms with van der Waals surface area (Å²) in [5, 5.41) is 0. The van der Waals surface area contributed by atoms with Crippen LogP contribution in [-0.4, -0.2) is 19.1 Å². The van der Waals surface area contributed by atoms with Crippen LogP contribution in [-0.2, 0) is 9.53 Å². The third kappa shape index (κ3) is 86.9. The molecule has 5 nitrogen and oxygen atoms in total. The van der Waals surface area contributed by atoms with Gasteiger partial charge < -0.3 is 16.2 Å². The number of esters is 1. The Morgan fingerprint density at radius 3 is 1.58 bits per heavy atom. The lowest BCUT2D eigenvalue weighted by Gasteiger charge is -1.83.